The Balaban J connectivity index is 1.77. The van der Waals surface area contributed by atoms with Gasteiger partial charge in [-0.1, -0.05) is 32.3 Å². The van der Waals surface area contributed by atoms with Crippen molar-refractivity contribution in [2.24, 2.45) is 0 Å². The zero-order valence-electron chi connectivity index (χ0n) is 15.4. The van der Waals surface area contributed by atoms with Crippen LogP contribution in [0.25, 0.3) is 11.2 Å². The van der Waals surface area contributed by atoms with Gasteiger partial charge >= 0.3 is 6.01 Å². The lowest BCUT2D eigenvalue weighted by molar-refractivity contribution is 0.396. The number of aromatic nitrogens is 4. The maximum Gasteiger partial charge on any atom is 0.306 e. The topological polar surface area (TPSA) is 72.8 Å². The molecule has 4 rings (SSSR count). The van der Waals surface area contributed by atoms with Crippen molar-refractivity contribution in [1.82, 2.24) is 19.5 Å². The molecule has 2 heterocycles. The summed E-state index contributed by atoms with van der Waals surface area (Å²) in [5.41, 5.74) is 0.567. The number of hydrogen-bond acceptors (Lipinski definition) is 4. The third-order valence-electron chi connectivity index (χ3n) is 5.04. The second-order valence-electron chi connectivity index (χ2n) is 7.07. The Kier molecular flexibility index (Phi) is 4.92. The van der Waals surface area contributed by atoms with E-state index in [1.807, 2.05) is 6.92 Å². The van der Waals surface area contributed by atoms with Crippen LogP contribution in [0.3, 0.4) is 0 Å². The lowest BCUT2D eigenvalue weighted by Gasteiger charge is -2.18. The molecule has 0 unspecified atom stereocenters. The van der Waals surface area contributed by atoms with Gasteiger partial charge in [-0.15, -0.1) is 0 Å². The van der Waals surface area contributed by atoms with Gasteiger partial charge in [0.05, 0.1) is 0 Å². The van der Waals surface area contributed by atoms with Gasteiger partial charge in [0.2, 0.25) is 0 Å². The molecule has 1 aliphatic carbocycles. The van der Waals surface area contributed by atoms with Crippen molar-refractivity contribution in [3.63, 3.8) is 0 Å². The molecule has 1 fully saturated rings. The van der Waals surface area contributed by atoms with E-state index in [1.165, 1.54) is 36.0 Å². The largest absolute Gasteiger partial charge is 0.425 e. The molecular weight excluding hydrogens is 347 g/mol. The zero-order chi connectivity index (χ0) is 18.8. The Morgan fingerprint density at radius 2 is 2.07 bits per heavy atom. The van der Waals surface area contributed by atoms with Crippen molar-refractivity contribution in [3.8, 4) is 11.8 Å². The fourth-order valence-corrected chi connectivity index (χ4v) is 3.69. The zero-order valence-corrected chi connectivity index (χ0v) is 15.4. The first-order valence-corrected chi connectivity index (χ1v) is 9.59. The number of rotatable bonds is 5. The van der Waals surface area contributed by atoms with Crippen LogP contribution in [0.1, 0.15) is 57.2 Å². The minimum Gasteiger partial charge on any atom is -0.425 e. The number of benzene rings is 1. The monoisotopic (exact) mass is 370 g/mol. The lowest BCUT2D eigenvalue weighted by Crippen LogP contribution is -2.23. The number of nitrogens with one attached hydrogen (secondary N) is 1. The molecule has 2 aromatic heterocycles. The van der Waals surface area contributed by atoms with Crippen LogP contribution < -0.4 is 10.3 Å². The quantitative estimate of drug-likeness (QED) is 0.717. The number of aromatic amines is 1. The standard InChI is InChI=1S/C20H23FN4O2/c1-2-11-25-19(26)16-18(23-17(22-16)13-7-4-3-5-8-13)24-20(25)27-15-10-6-9-14(21)12-15/h6,9-10,12-13H,2-5,7-8,11H2,1H3,(H,22,23). The molecule has 3 aromatic rings. The third-order valence-corrected chi connectivity index (χ3v) is 5.04. The number of fused-ring (bicyclic) bond motifs is 1. The van der Waals surface area contributed by atoms with Crippen LogP contribution in [0.5, 0.6) is 11.8 Å². The molecule has 0 spiro atoms. The highest BCUT2D eigenvalue weighted by Gasteiger charge is 2.22. The second kappa shape index (κ2) is 7.50. The van der Waals surface area contributed by atoms with Crippen LogP contribution >= 0.6 is 0 Å². The van der Waals surface area contributed by atoms with Gasteiger partial charge in [0.15, 0.2) is 11.2 Å². The molecule has 7 heteroatoms. The summed E-state index contributed by atoms with van der Waals surface area (Å²) < 4.78 is 20.7. The number of ether oxygens (including phenoxy) is 1. The average molecular weight is 370 g/mol. The van der Waals surface area contributed by atoms with Crippen LogP contribution in [0, 0.1) is 5.82 Å². The number of halogens is 1. The Morgan fingerprint density at radius 3 is 2.81 bits per heavy atom. The van der Waals surface area contributed by atoms with Crippen molar-refractivity contribution in [3.05, 3.63) is 46.3 Å². The van der Waals surface area contributed by atoms with E-state index >= 15 is 0 Å². The Morgan fingerprint density at radius 1 is 1.26 bits per heavy atom. The average Bonchev–Trinajstić information content (AvgIpc) is 3.10. The Bertz CT molecular complexity index is 1000. The van der Waals surface area contributed by atoms with Crippen molar-refractivity contribution in [1.29, 1.82) is 0 Å². The molecule has 1 aliphatic rings. The highest BCUT2D eigenvalue weighted by atomic mass is 19.1. The first-order valence-electron chi connectivity index (χ1n) is 9.59. The van der Waals surface area contributed by atoms with E-state index in [0.29, 0.717) is 29.4 Å². The highest BCUT2D eigenvalue weighted by Crippen LogP contribution is 2.31. The van der Waals surface area contributed by atoms with E-state index in [0.717, 1.165) is 25.1 Å². The van der Waals surface area contributed by atoms with Crippen molar-refractivity contribution in [2.75, 3.05) is 0 Å². The summed E-state index contributed by atoms with van der Waals surface area (Å²) in [6.45, 7) is 2.44. The predicted molar refractivity (Wildman–Crippen MR) is 101 cm³/mol. The molecule has 0 amide bonds. The van der Waals surface area contributed by atoms with Crippen LogP contribution in [-0.4, -0.2) is 19.5 Å². The SMILES string of the molecule is CCCn1c(Oc2cccc(F)c2)nc2nc(C3CCCCC3)[nH]c2c1=O. The van der Waals surface area contributed by atoms with Gasteiger partial charge in [-0.2, -0.15) is 4.98 Å². The molecule has 0 saturated heterocycles. The van der Waals surface area contributed by atoms with E-state index in [2.05, 4.69) is 15.0 Å². The van der Waals surface area contributed by atoms with Gasteiger partial charge < -0.3 is 9.72 Å². The van der Waals surface area contributed by atoms with Gasteiger partial charge in [-0.3, -0.25) is 9.36 Å². The van der Waals surface area contributed by atoms with Gasteiger partial charge in [0.25, 0.3) is 5.56 Å². The number of hydrogen-bond donors (Lipinski definition) is 1. The maximum atomic E-state index is 13.5. The van der Waals surface area contributed by atoms with Crippen LogP contribution in [0.4, 0.5) is 4.39 Å². The molecule has 1 N–H and O–H groups in total. The van der Waals surface area contributed by atoms with Crippen molar-refractivity contribution in [2.45, 2.75) is 57.9 Å². The predicted octanol–water partition coefficient (Wildman–Crippen LogP) is 4.51. The molecule has 0 bridgehead atoms. The van der Waals surface area contributed by atoms with Crippen LogP contribution in [0.15, 0.2) is 29.1 Å². The minimum atomic E-state index is -0.405. The number of imidazole rings is 1. The first-order chi connectivity index (χ1) is 13.2. The molecule has 1 aromatic carbocycles. The minimum absolute atomic E-state index is 0.140. The summed E-state index contributed by atoms with van der Waals surface area (Å²) in [6, 6.07) is 5.94. The van der Waals surface area contributed by atoms with Crippen molar-refractivity contribution >= 4 is 11.2 Å². The molecular formula is C20H23FN4O2. The fourth-order valence-electron chi connectivity index (χ4n) is 3.69. The molecule has 27 heavy (non-hydrogen) atoms. The summed E-state index contributed by atoms with van der Waals surface area (Å²) in [5.74, 6) is 1.08. The Hall–Kier alpha value is -2.70. The normalized spacial score (nSPS) is 15.3. The number of nitrogens with zero attached hydrogens (tertiary/aromatic N) is 3. The lowest BCUT2D eigenvalue weighted by atomic mass is 9.89. The summed E-state index contributed by atoms with van der Waals surface area (Å²) in [5, 5.41) is 0. The van der Waals surface area contributed by atoms with Gasteiger partial charge in [-0.25, -0.2) is 9.37 Å². The van der Waals surface area contributed by atoms with E-state index in [-0.39, 0.29) is 11.6 Å². The summed E-state index contributed by atoms with van der Waals surface area (Å²) in [6.07, 6.45) is 6.53. The molecule has 142 valence electrons. The summed E-state index contributed by atoms with van der Waals surface area (Å²) >= 11 is 0. The van der Waals surface area contributed by atoms with E-state index in [4.69, 9.17) is 4.74 Å². The first kappa shape index (κ1) is 17.7. The Labute approximate surface area is 156 Å². The summed E-state index contributed by atoms with van der Waals surface area (Å²) in [7, 11) is 0. The van der Waals surface area contributed by atoms with Gasteiger partial charge in [-0.05, 0) is 31.4 Å². The van der Waals surface area contributed by atoms with Crippen molar-refractivity contribution < 1.29 is 9.13 Å². The maximum absolute atomic E-state index is 13.5. The molecule has 1 saturated carbocycles. The molecule has 0 atom stereocenters. The summed E-state index contributed by atoms with van der Waals surface area (Å²) in [4.78, 5) is 25.3. The van der Waals surface area contributed by atoms with Crippen LogP contribution in [-0.2, 0) is 6.54 Å². The second-order valence-corrected chi connectivity index (χ2v) is 7.07. The molecule has 0 aliphatic heterocycles. The molecule has 0 radical (unpaired) electrons. The van der Waals surface area contributed by atoms with Gasteiger partial charge in [0.1, 0.15) is 17.4 Å². The fraction of sp³-hybridized carbons (Fsp3) is 0.450. The third kappa shape index (κ3) is 3.59. The van der Waals surface area contributed by atoms with E-state index in [1.54, 1.807) is 12.1 Å². The van der Waals surface area contributed by atoms with E-state index in [9.17, 15) is 9.18 Å². The highest BCUT2D eigenvalue weighted by molar-refractivity contribution is 5.70. The van der Waals surface area contributed by atoms with Gasteiger partial charge in [0, 0.05) is 18.5 Å². The number of H-pyrrole nitrogens is 1. The van der Waals surface area contributed by atoms with E-state index < -0.39 is 5.82 Å². The molecule has 6 nitrogen and oxygen atoms in total. The van der Waals surface area contributed by atoms with Crippen LogP contribution in [0.2, 0.25) is 0 Å². The smallest absolute Gasteiger partial charge is 0.306 e.